The van der Waals surface area contributed by atoms with Gasteiger partial charge in [0.15, 0.2) is 6.39 Å². The number of likely N-dealkylation sites (tertiary alicyclic amines) is 1. The smallest absolute Gasteiger partial charge is 0.407 e. The number of carbonyl (C=O) groups is 2. The van der Waals surface area contributed by atoms with E-state index < -0.39 is 6.09 Å². The van der Waals surface area contributed by atoms with Gasteiger partial charge in [-0.1, -0.05) is 0 Å². The topological polar surface area (TPSA) is 95.7 Å². The molecular formula is C11H15N3O4. The highest BCUT2D eigenvalue weighted by Gasteiger charge is 2.22. The Labute approximate surface area is 104 Å². The molecule has 0 aliphatic carbocycles. The first-order valence-corrected chi connectivity index (χ1v) is 5.81. The van der Waals surface area contributed by atoms with Crippen LogP contribution in [0.3, 0.4) is 0 Å². The lowest BCUT2D eigenvalue weighted by Crippen LogP contribution is -2.40. The van der Waals surface area contributed by atoms with Gasteiger partial charge in [0.1, 0.15) is 0 Å². The van der Waals surface area contributed by atoms with Crippen molar-refractivity contribution in [1.82, 2.24) is 15.2 Å². The molecule has 1 saturated heterocycles. The largest absolute Gasteiger partial charge is 0.465 e. The van der Waals surface area contributed by atoms with Gasteiger partial charge in [0, 0.05) is 19.6 Å². The molecule has 1 aliphatic rings. The van der Waals surface area contributed by atoms with E-state index in [1.54, 1.807) is 0 Å². The molecule has 2 rings (SSSR count). The van der Waals surface area contributed by atoms with E-state index in [0.29, 0.717) is 25.6 Å². The van der Waals surface area contributed by atoms with E-state index in [1.165, 1.54) is 17.5 Å². The van der Waals surface area contributed by atoms with Gasteiger partial charge >= 0.3 is 6.09 Å². The molecule has 7 nitrogen and oxygen atoms in total. The fourth-order valence-corrected chi connectivity index (χ4v) is 1.98. The summed E-state index contributed by atoms with van der Waals surface area (Å²) >= 11 is 0. The number of carboxylic acid groups (broad SMARTS) is 1. The van der Waals surface area contributed by atoms with E-state index in [0.717, 1.165) is 12.8 Å². The molecule has 0 spiro atoms. The van der Waals surface area contributed by atoms with Gasteiger partial charge in [0.2, 0.25) is 5.76 Å². The highest BCUT2D eigenvalue weighted by Crippen LogP contribution is 2.16. The van der Waals surface area contributed by atoms with Crippen molar-refractivity contribution in [2.45, 2.75) is 12.8 Å². The molecular weight excluding hydrogens is 238 g/mol. The van der Waals surface area contributed by atoms with Crippen LogP contribution in [0.1, 0.15) is 23.4 Å². The third kappa shape index (κ3) is 2.99. The minimum atomic E-state index is -0.876. The number of aromatic nitrogens is 1. The first-order valence-electron chi connectivity index (χ1n) is 5.81. The second-order valence-corrected chi connectivity index (χ2v) is 4.29. The van der Waals surface area contributed by atoms with Crippen molar-refractivity contribution in [3.63, 3.8) is 0 Å². The number of carbonyl (C=O) groups excluding carboxylic acids is 1. The maximum Gasteiger partial charge on any atom is 0.407 e. The van der Waals surface area contributed by atoms with Gasteiger partial charge in [0.25, 0.3) is 5.91 Å². The summed E-state index contributed by atoms with van der Waals surface area (Å²) in [5, 5.41) is 11.6. The second-order valence-electron chi connectivity index (χ2n) is 4.29. The summed E-state index contributed by atoms with van der Waals surface area (Å²) in [6.45, 7) is 1.59. The van der Waals surface area contributed by atoms with E-state index >= 15 is 0 Å². The van der Waals surface area contributed by atoms with E-state index in [1.807, 2.05) is 0 Å². The number of nitrogens with zero attached hydrogens (tertiary/aromatic N) is 2. The zero-order chi connectivity index (χ0) is 13.0. The van der Waals surface area contributed by atoms with Crippen LogP contribution in [0, 0.1) is 5.92 Å². The van der Waals surface area contributed by atoms with Crippen LogP contribution in [0.2, 0.25) is 0 Å². The molecule has 7 heteroatoms. The third-order valence-electron chi connectivity index (χ3n) is 3.09. The normalized spacial score (nSPS) is 16.6. The minimum Gasteiger partial charge on any atom is -0.465 e. The maximum atomic E-state index is 11.6. The molecule has 1 aliphatic heterocycles. The van der Waals surface area contributed by atoms with E-state index in [2.05, 4.69) is 10.3 Å². The van der Waals surface area contributed by atoms with Gasteiger partial charge in [-0.15, -0.1) is 0 Å². The van der Waals surface area contributed by atoms with Gasteiger partial charge in [-0.05, 0) is 18.8 Å². The molecule has 1 fully saturated rings. The van der Waals surface area contributed by atoms with Crippen molar-refractivity contribution >= 4 is 12.0 Å². The highest BCUT2D eigenvalue weighted by molar-refractivity contribution is 5.90. The van der Waals surface area contributed by atoms with Crippen LogP contribution in [0.15, 0.2) is 17.0 Å². The van der Waals surface area contributed by atoms with Gasteiger partial charge in [-0.25, -0.2) is 9.78 Å². The SMILES string of the molecule is O=C(NCC1CCN(C(=O)O)CC1)c1cnco1. The van der Waals surface area contributed by atoms with Crippen LogP contribution in [-0.4, -0.2) is 46.6 Å². The van der Waals surface area contributed by atoms with Gasteiger partial charge in [-0.2, -0.15) is 0 Å². The lowest BCUT2D eigenvalue weighted by molar-refractivity contribution is 0.0902. The zero-order valence-corrected chi connectivity index (χ0v) is 9.83. The Kier molecular flexibility index (Phi) is 3.81. The summed E-state index contributed by atoms with van der Waals surface area (Å²) in [6, 6.07) is 0. The molecule has 1 aromatic heterocycles. The van der Waals surface area contributed by atoms with Crippen LogP contribution in [0.25, 0.3) is 0 Å². The quantitative estimate of drug-likeness (QED) is 0.830. The average molecular weight is 253 g/mol. The minimum absolute atomic E-state index is 0.193. The Hall–Kier alpha value is -2.05. The second kappa shape index (κ2) is 5.52. The number of amides is 2. The fourth-order valence-electron chi connectivity index (χ4n) is 1.98. The highest BCUT2D eigenvalue weighted by atomic mass is 16.4. The van der Waals surface area contributed by atoms with E-state index in [4.69, 9.17) is 9.52 Å². The molecule has 0 radical (unpaired) electrons. The van der Waals surface area contributed by atoms with Crippen molar-refractivity contribution in [2.75, 3.05) is 19.6 Å². The van der Waals surface area contributed by atoms with Crippen molar-refractivity contribution in [2.24, 2.45) is 5.92 Å². The van der Waals surface area contributed by atoms with Gasteiger partial charge < -0.3 is 19.7 Å². The molecule has 0 atom stereocenters. The number of nitrogens with one attached hydrogen (secondary N) is 1. The predicted molar refractivity (Wildman–Crippen MR) is 61.2 cm³/mol. The number of rotatable bonds is 3. The Morgan fingerprint density at radius 1 is 1.50 bits per heavy atom. The van der Waals surface area contributed by atoms with Gasteiger partial charge in [-0.3, -0.25) is 4.79 Å². The molecule has 2 amide bonds. The number of hydrogen-bond acceptors (Lipinski definition) is 4. The fraction of sp³-hybridized carbons (Fsp3) is 0.545. The first-order chi connectivity index (χ1) is 8.66. The summed E-state index contributed by atoms with van der Waals surface area (Å²) in [5.74, 6) is 0.221. The molecule has 2 heterocycles. The van der Waals surface area contributed by atoms with E-state index in [-0.39, 0.29) is 11.7 Å². The van der Waals surface area contributed by atoms with Crippen LogP contribution >= 0.6 is 0 Å². The maximum absolute atomic E-state index is 11.6. The molecule has 0 bridgehead atoms. The Morgan fingerprint density at radius 2 is 2.22 bits per heavy atom. The van der Waals surface area contributed by atoms with Crippen LogP contribution in [0.5, 0.6) is 0 Å². The summed E-state index contributed by atoms with van der Waals surface area (Å²) in [6.07, 6.45) is 3.23. The molecule has 98 valence electrons. The van der Waals surface area contributed by atoms with E-state index in [9.17, 15) is 9.59 Å². The lowest BCUT2D eigenvalue weighted by atomic mass is 9.97. The van der Waals surface area contributed by atoms with Crippen LogP contribution in [0.4, 0.5) is 4.79 Å². The Bertz CT molecular complexity index is 410. The molecule has 0 saturated carbocycles. The average Bonchev–Trinajstić information content (AvgIpc) is 2.90. The molecule has 18 heavy (non-hydrogen) atoms. The number of oxazole rings is 1. The third-order valence-corrected chi connectivity index (χ3v) is 3.09. The summed E-state index contributed by atoms with van der Waals surface area (Å²) in [7, 11) is 0. The van der Waals surface area contributed by atoms with Crippen LogP contribution < -0.4 is 5.32 Å². The predicted octanol–water partition coefficient (Wildman–Crippen LogP) is 0.794. The Balaban J connectivity index is 1.72. The van der Waals surface area contributed by atoms with Crippen molar-refractivity contribution in [3.05, 3.63) is 18.4 Å². The number of piperidine rings is 1. The molecule has 1 aromatic rings. The summed E-state index contributed by atoms with van der Waals surface area (Å²) in [5.41, 5.74) is 0. The number of hydrogen-bond donors (Lipinski definition) is 2. The van der Waals surface area contributed by atoms with Crippen molar-refractivity contribution in [3.8, 4) is 0 Å². The van der Waals surface area contributed by atoms with Crippen molar-refractivity contribution < 1.29 is 19.1 Å². The molecule has 0 aromatic carbocycles. The first kappa shape index (κ1) is 12.4. The Morgan fingerprint density at radius 3 is 2.78 bits per heavy atom. The van der Waals surface area contributed by atoms with Crippen molar-refractivity contribution in [1.29, 1.82) is 0 Å². The lowest BCUT2D eigenvalue weighted by Gasteiger charge is -2.29. The summed E-state index contributed by atoms with van der Waals surface area (Å²) < 4.78 is 4.87. The molecule has 2 N–H and O–H groups in total. The zero-order valence-electron chi connectivity index (χ0n) is 9.83. The molecule has 0 unspecified atom stereocenters. The summed E-state index contributed by atoms with van der Waals surface area (Å²) in [4.78, 5) is 27.4. The van der Waals surface area contributed by atoms with Gasteiger partial charge in [0.05, 0.1) is 6.20 Å². The standard InChI is InChI=1S/C11H15N3O4/c15-10(9-6-12-7-18-9)13-5-8-1-3-14(4-2-8)11(16)17/h6-8H,1-5H2,(H,13,15)(H,16,17). The van der Waals surface area contributed by atoms with Crippen LogP contribution in [-0.2, 0) is 0 Å². The monoisotopic (exact) mass is 253 g/mol.